The molecule has 0 bridgehead atoms. The molecule has 0 radical (unpaired) electrons. The molecule has 526 valence electrons. The Kier molecular flexibility index (Phi) is 16.1. The summed E-state index contributed by atoms with van der Waals surface area (Å²) in [4.78, 5) is 31.2. The highest BCUT2D eigenvalue weighted by molar-refractivity contribution is 7.27. The smallest absolute Gasteiger partial charge is 0.165 e. The molecule has 0 fully saturated rings. The van der Waals surface area contributed by atoms with Gasteiger partial charge in [-0.05, 0) is 148 Å². The molecule has 6 nitrogen and oxygen atoms in total. The number of rotatable bonds is 10. The van der Waals surface area contributed by atoms with Gasteiger partial charge < -0.3 is 0 Å². The van der Waals surface area contributed by atoms with E-state index in [9.17, 15) is 0 Å². The Morgan fingerprint density at radius 2 is 0.549 bits per heavy atom. The van der Waals surface area contributed by atoms with Crippen molar-refractivity contribution < 1.29 is 0 Å². The van der Waals surface area contributed by atoms with Gasteiger partial charge in [0, 0.05) is 105 Å². The monoisotopic (exact) mass is 1490 g/mol. The molecule has 0 saturated carbocycles. The van der Waals surface area contributed by atoms with Crippen LogP contribution in [0.5, 0.6) is 0 Å². The fourth-order valence-corrected chi connectivity index (χ4v) is 20.2. The third-order valence-electron chi connectivity index (χ3n) is 22.0. The molecule has 23 aromatic rings. The van der Waals surface area contributed by atoms with Gasteiger partial charge in [-0.25, -0.2) is 29.9 Å². The van der Waals surface area contributed by atoms with Crippen molar-refractivity contribution in [1.29, 1.82) is 0 Å². The summed E-state index contributed by atoms with van der Waals surface area (Å²) in [5.74, 6) is 3.90. The van der Waals surface area contributed by atoms with Crippen LogP contribution in [-0.4, -0.2) is 29.9 Å². The number of fused-ring (bicyclic) bond motifs is 14. The van der Waals surface area contributed by atoms with E-state index in [0.29, 0.717) is 34.9 Å². The van der Waals surface area contributed by atoms with Gasteiger partial charge in [0.05, 0.1) is 0 Å². The zero-order valence-corrected chi connectivity index (χ0v) is 63.2. The molecule has 0 aliphatic carbocycles. The Morgan fingerprint density at radius 1 is 0.150 bits per heavy atom. The van der Waals surface area contributed by atoms with E-state index >= 15 is 0 Å². The Balaban J connectivity index is 0.000000141. The molecule has 0 saturated heterocycles. The lowest BCUT2D eigenvalue weighted by Crippen LogP contribution is -2.01. The second-order valence-electron chi connectivity index (χ2n) is 28.8. The zero-order valence-electron chi connectivity index (χ0n) is 60.7. The van der Waals surface area contributed by atoms with Crippen molar-refractivity contribution in [3.63, 3.8) is 0 Å². The van der Waals surface area contributed by atoms with Crippen molar-refractivity contribution in [3.05, 3.63) is 376 Å². The lowest BCUT2D eigenvalue weighted by atomic mass is 9.93. The molecule has 113 heavy (non-hydrogen) atoms. The van der Waals surface area contributed by atoms with Gasteiger partial charge in [0.25, 0.3) is 0 Å². The summed E-state index contributed by atoms with van der Waals surface area (Å²) in [5, 5.41) is 19.8. The minimum Gasteiger partial charge on any atom is -0.208 e. The van der Waals surface area contributed by atoms with Crippen molar-refractivity contribution in [2.75, 3.05) is 0 Å². The fraction of sp³-hybridized carbons (Fsp3) is 0. The van der Waals surface area contributed by atoms with E-state index in [4.69, 9.17) is 29.9 Å². The summed E-state index contributed by atoms with van der Waals surface area (Å²) in [6, 6.07) is 134. The molecular formula is C104H62N6S3. The van der Waals surface area contributed by atoms with E-state index in [1.54, 1.807) is 11.3 Å². The quantitative estimate of drug-likeness (QED) is 0.136. The Labute approximate surface area is 662 Å². The van der Waals surface area contributed by atoms with E-state index in [1.807, 2.05) is 46.9 Å². The maximum atomic E-state index is 5.26. The summed E-state index contributed by atoms with van der Waals surface area (Å²) < 4.78 is 7.62. The highest BCUT2D eigenvalue weighted by Crippen LogP contribution is 2.48. The van der Waals surface area contributed by atoms with Gasteiger partial charge in [0.15, 0.2) is 34.9 Å². The van der Waals surface area contributed by atoms with E-state index in [1.165, 1.54) is 126 Å². The summed E-state index contributed by atoms with van der Waals surface area (Å²) >= 11 is 5.53. The van der Waals surface area contributed by atoms with Crippen LogP contribution in [0, 0.1) is 0 Å². The second kappa shape index (κ2) is 27.5. The normalized spacial score (nSPS) is 11.7. The van der Waals surface area contributed by atoms with Crippen LogP contribution < -0.4 is 0 Å². The maximum Gasteiger partial charge on any atom is 0.165 e. The number of benzene rings is 18. The molecule has 0 amide bonds. The minimum absolute atomic E-state index is 0.643. The highest BCUT2D eigenvalue weighted by atomic mass is 32.1. The van der Waals surface area contributed by atoms with Crippen LogP contribution in [0.3, 0.4) is 0 Å². The van der Waals surface area contributed by atoms with Crippen molar-refractivity contribution in [1.82, 2.24) is 29.9 Å². The molecule has 0 aliphatic heterocycles. The SMILES string of the molecule is c1ccc(-c2cccc(-c3nc(-c4ccccc4)nc(-c4cccc5cccc(-c6cccc7c6sc6cc8ccccc8cc67)c45)n3)c2)cc1.c1ccc2cc3c(cc2c1)sc1cccc(-c2ccc4cc(-c5nc(-c6ccc(-c7cccc8ccccc78)cc6)nc(-c6cccc7c6sc6ccccc67)n5)ccc4c2)c13. The van der Waals surface area contributed by atoms with Crippen molar-refractivity contribution in [2.45, 2.75) is 0 Å². The van der Waals surface area contributed by atoms with E-state index < -0.39 is 0 Å². The van der Waals surface area contributed by atoms with Crippen LogP contribution in [0.1, 0.15) is 0 Å². The third-order valence-corrected chi connectivity index (χ3v) is 25.5. The Bertz CT molecular complexity index is 7750. The van der Waals surface area contributed by atoms with Crippen LogP contribution in [0.2, 0.25) is 0 Å². The molecule has 5 aromatic heterocycles. The highest BCUT2D eigenvalue weighted by Gasteiger charge is 2.23. The molecule has 23 rings (SSSR count). The molecule has 9 heteroatoms. The zero-order chi connectivity index (χ0) is 74.5. The van der Waals surface area contributed by atoms with Crippen molar-refractivity contribution in [3.8, 4) is 113 Å². The Morgan fingerprint density at radius 3 is 1.27 bits per heavy atom. The number of hydrogen-bond donors (Lipinski definition) is 0. The average Bonchev–Trinajstić information content (AvgIpc) is 1.69. The largest absolute Gasteiger partial charge is 0.208 e. The predicted molar refractivity (Wildman–Crippen MR) is 480 cm³/mol. The Hall–Kier alpha value is -14.1. The first-order chi connectivity index (χ1) is 55.9. The van der Waals surface area contributed by atoms with Crippen molar-refractivity contribution >= 4 is 148 Å². The van der Waals surface area contributed by atoms with Gasteiger partial charge in [-0.15, -0.1) is 34.0 Å². The van der Waals surface area contributed by atoms with Crippen LogP contribution >= 0.6 is 34.0 Å². The third kappa shape index (κ3) is 11.8. The lowest BCUT2D eigenvalue weighted by molar-refractivity contribution is 1.08. The minimum atomic E-state index is 0.643. The number of nitrogens with zero attached hydrogens (tertiary/aromatic N) is 6. The summed E-state index contributed by atoms with van der Waals surface area (Å²) in [6.45, 7) is 0. The summed E-state index contributed by atoms with van der Waals surface area (Å²) in [6.07, 6.45) is 0. The van der Waals surface area contributed by atoms with Gasteiger partial charge in [-0.3, -0.25) is 0 Å². The number of aromatic nitrogens is 6. The van der Waals surface area contributed by atoms with Crippen LogP contribution in [0.25, 0.3) is 227 Å². The standard InChI is InChI=1S/C57H33N3S2.C47H29N3S/c1-2-12-38-33-52-49(32-37(38)11-1)53-45(17-9-21-51(53)61-52)41-28-26-40-31-42(29-27-39(40)30-41)56-58-55(36-24-22-35(23-25-36)44-16-7-13-34-10-3-4-14-43(34)44)59-57(60-56)48-19-8-18-47-46-15-5-6-20-50(46)62-54(47)48;1-3-13-30(14-4-1)33-21-9-22-36(27-33)46-48-45(32-15-5-2-6-16-32)49-47(50-46)40-26-11-20-31-19-10-23-37(43(31)40)38-24-12-25-39-41-28-34-17-7-8-18-35(34)29-42(41)51-44(38)39/h1-33H;1-29H. The van der Waals surface area contributed by atoms with Crippen LogP contribution in [-0.2, 0) is 0 Å². The van der Waals surface area contributed by atoms with E-state index in [2.05, 4.69) is 352 Å². The number of thiophene rings is 3. The summed E-state index contributed by atoms with van der Waals surface area (Å²) in [5.41, 5.74) is 15.2. The van der Waals surface area contributed by atoms with Gasteiger partial charge >= 0.3 is 0 Å². The predicted octanol–water partition coefficient (Wildman–Crippen LogP) is 29.3. The molecule has 0 atom stereocenters. The molecule has 5 heterocycles. The van der Waals surface area contributed by atoms with Gasteiger partial charge in [-0.1, -0.05) is 315 Å². The average molecular weight is 1490 g/mol. The lowest BCUT2D eigenvalue weighted by Gasteiger charge is -2.14. The molecule has 0 aliphatic rings. The van der Waals surface area contributed by atoms with Gasteiger partial charge in [0.1, 0.15) is 0 Å². The molecular weight excluding hydrogens is 1430 g/mol. The number of hydrogen-bond acceptors (Lipinski definition) is 9. The first kappa shape index (κ1) is 66.0. The van der Waals surface area contributed by atoms with Gasteiger partial charge in [-0.2, -0.15) is 0 Å². The topological polar surface area (TPSA) is 77.3 Å². The molecule has 0 unspecified atom stereocenters. The van der Waals surface area contributed by atoms with Crippen LogP contribution in [0.15, 0.2) is 376 Å². The van der Waals surface area contributed by atoms with Crippen molar-refractivity contribution in [2.24, 2.45) is 0 Å². The first-order valence-corrected chi connectivity index (χ1v) is 40.4. The molecule has 18 aromatic carbocycles. The maximum absolute atomic E-state index is 5.26. The van der Waals surface area contributed by atoms with Crippen LogP contribution in [0.4, 0.5) is 0 Å². The molecule has 0 spiro atoms. The van der Waals surface area contributed by atoms with E-state index in [0.717, 1.165) is 66.2 Å². The summed E-state index contributed by atoms with van der Waals surface area (Å²) in [7, 11) is 0. The first-order valence-electron chi connectivity index (χ1n) is 37.9. The second-order valence-corrected chi connectivity index (χ2v) is 31.9. The van der Waals surface area contributed by atoms with Gasteiger partial charge in [0.2, 0.25) is 0 Å². The molecule has 0 N–H and O–H groups in total. The fourth-order valence-electron chi connectivity index (χ4n) is 16.5. The van der Waals surface area contributed by atoms with E-state index in [-0.39, 0.29) is 0 Å².